The second-order valence-electron chi connectivity index (χ2n) is 3.76. The van der Waals surface area contributed by atoms with Crippen molar-refractivity contribution in [2.75, 3.05) is 0 Å². The van der Waals surface area contributed by atoms with Gasteiger partial charge >= 0.3 is 5.97 Å². The molecule has 0 aliphatic rings. The van der Waals surface area contributed by atoms with Crippen molar-refractivity contribution in [3.05, 3.63) is 51.9 Å². The predicted octanol–water partition coefficient (Wildman–Crippen LogP) is 1.10. The number of carboxylic acids is 1. The lowest BCUT2D eigenvalue weighted by Gasteiger charge is -1.99. The zero-order chi connectivity index (χ0) is 12.4. The van der Waals surface area contributed by atoms with Crippen LogP contribution in [0.2, 0.25) is 0 Å². The highest BCUT2D eigenvalue weighted by atomic mass is 16.4. The number of H-pyrrole nitrogens is 1. The van der Waals surface area contributed by atoms with Crippen LogP contribution in [0.15, 0.2) is 35.1 Å². The second-order valence-corrected chi connectivity index (χ2v) is 3.76. The lowest BCUT2D eigenvalue weighted by Crippen LogP contribution is -2.19. The molecule has 0 aliphatic carbocycles. The van der Waals surface area contributed by atoms with Crippen molar-refractivity contribution in [1.29, 1.82) is 0 Å². The summed E-state index contributed by atoms with van der Waals surface area (Å²) in [6.07, 6.45) is -0.263. The number of carboxylic acid groups (broad SMARTS) is 1. The van der Waals surface area contributed by atoms with Gasteiger partial charge in [0.2, 0.25) is 0 Å². The lowest BCUT2D eigenvalue weighted by molar-refractivity contribution is -0.136. The number of hydrogen-bond acceptors (Lipinski definition) is 2. The first kappa shape index (κ1) is 11.2. The van der Waals surface area contributed by atoms with Crippen LogP contribution in [-0.4, -0.2) is 20.9 Å². The topological polar surface area (TPSA) is 75.1 Å². The third-order valence-corrected chi connectivity index (χ3v) is 2.54. The third-order valence-electron chi connectivity index (χ3n) is 2.54. The number of aromatic nitrogens is 2. The minimum atomic E-state index is -1.01. The number of aryl methyl sites for hydroxylation is 1. The lowest BCUT2D eigenvalue weighted by atomic mass is 10.2. The maximum atomic E-state index is 12.0. The van der Waals surface area contributed by atoms with E-state index in [2.05, 4.69) is 5.10 Å². The maximum absolute atomic E-state index is 12.0. The first-order valence-electron chi connectivity index (χ1n) is 5.17. The molecule has 5 nitrogen and oxygen atoms in total. The summed E-state index contributed by atoms with van der Waals surface area (Å²) < 4.78 is 1.35. The van der Waals surface area contributed by atoms with E-state index >= 15 is 0 Å². The van der Waals surface area contributed by atoms with E-state index in [1.54, 1.807) is 19.1 Å². The van der Waals surface area contributed by atoms with E-state index < -0.39 is 5.97 Å². The van der Waals surface area contributed by atoms with Crippen LogP contribution in [0.3, 0.4) is 0 Å². The average Bonchev–Trinajstić information content (AvgIpc) is 2.58. The van der Waals surface area contributed by atoms with Crippen molar-refractivity contribution in [2.24, 2.45) is 0 Å². The van der Waals surface area contributed by atoms with Crippen LogP contribution in [-0.2, 0) is 11.2 Å². The number of rotatable bonds is 3. The SMILES string of the molecule is Cc1[nH]n(-c2ccccc2)c(=O)c1CC(=O)O. The fourth-order valence-electron chi connectivity index (χ4n) is 1.70. The third kappa shape index (κ3) is 2.13. The minimum Gasteiger partial charge on any atom is -0.481 e. The second kappa shape index (κ2) is 4.29. The molecule has 88 valence electrons. The van der Waals surface area contributed by atoms with Gasteiger partial charge in [-0.2, -0.15) is 0 Å². The normalized spacial score (nSPS) is 10.4. The Kier molecular flexibility index (Phi) is 2.82. The van der Waals surface area contributed by atoms with Crippen LogP contribution >= 0.6 is 0 Å². The Morgan fingerprint density at radius 2 is 2.00 bits per heavy atom. The smallest absolute Gasteiger partial charge is 0.308 e. The molecule has 2 aromatic rings. The van der Waals surface area contributed by atoms with Gasteiger partial charge in [0.15, 0.2) is 0 Å². The van der Waals surface area contributed by atoms with Crippen LogP contribution in [0, 0.1) is 6.92 Å². The maximum Gasteiger partial charge on any atom is 0.308 e. The summed E-state index contributed by atoms with van der Waals surface area (Å²) >= 11 is 0. The molecule has 0 aliphatic heterocycles. The van der Waals surface area contributed by atoms with Crippen molar-refractivity contribution in [2.45, 2.75) is 13.3 Å². The predicted molar refractivity (Wildman–Crippen MR) is 62.5 cm³/mol. The molecule has 17 heavy (non-hydrogen) atoms. The summed E-state index contributed by atoms with van der Waals surface area (Å²) in [5.41, 5.74) is 1.26. The van der Waals surface area contributed by atoms with Gasteiger partial charge < -0.3 is 5.11 Å². The number of nitrogens with zero attached hydrogens (tertiary/aromatic N) is 1. The number of aromatic amines is 1. The summed E-state index contributed by atoms with van der Waals surface area (Å²) in [6.45, 7) is 1.69. The zero-order valence-electron chi connectivity index (χ0n) is 9.30. The highest BCUT2D eigenvalue weighted by Crippen LogP contribution is 2.07. The molecule has 0 amide bonds. The molecule has 0 fully saturated rings. The minimum absolute atomic E-state index is 0.263. The van der Waals surface area contributed by atoms with Gasteiger partial charge in [0.25, 0.3) is 5.56 Å². The summed E-state index contributed by atoms with van der Waals surface area (Å²) in [5.74, 6) is -1.01. The number of carbonyl (C=O) groups is 1. The fourth-order valence-corrected chi connectivity index (χ4v) is 1.70. The molecule has 0 spiro atoms. The van der Waals surface area contributed by atoms with E-state index in [9.17, 15) is 9.59 Å². The van der Waals surface area contributed by atoms with Crippen molar-refractivity contribution in [1.82, 2.24) is 9.78 Å². The van der Waals surface area contributed by atoms with Gasteiger partial charge in [0.05, 0.1) is 17.7 Å². The van der Waals surface area contributed by atoms with Gasteiger partial charge in [0, 0.05) is 5.69 Å². The molecule has 2 rings (SSSR count). The van der Waals surface area contributed by atoms with E-state index in [-0.39, 0.29) is 12.0 Å². The Labute approximate surface area is 97.3 Å². The highest BCUT2D eigenvalue weighted by Gasteiger charge is 2.14. The Balaban J connectivity index is 2.52. The summed E-state index contributed by atoms with van der Waals surface area (Å²) in [6, 6.07) is 9.04. The fraction of sp³-hybridized carbons (Fsp3) is 0.167. The Morgan fingerprint density at radius 3 is 2.59 bits per heavy atom. The van der Waals surface area contributed by atoms with Crippen molar-refractivity contribution < 1.29 is 9.90 Å². The molecule has 0 atom stereocenters. The quantitative estimate of drug-likeness (QED) is 0.832. The van der Waals surface area contributed by atoms with Crippen molar-refractivity contribution in [3.63, 3.8) is 0 Å². The monoisotopic (exact) mass is 232 g/mol. The first-order chi connectivity index (χ1) is 8.09. The Bertz CT molecular complexity index is 596. The van der Waals surface area contributed by atoms with Gasteiger partial charge in [-0.1, -0.05) is 18.2 Å². The number of para-hydroxylation sites is 1. The van der Waals surface area contributed by atoms with Crippen molar-refractivity contribution >= 4 is 5.97 Å². The molecule has 0 radical (unpaired) electrons. The largest absolute Gasteiger partial charge is 0.481 e. The molecular weight excluding hydrogens is 220 g/mol. The van der Waals surface area contributed by atoms with Crippen LogP contribution in [0.5, 0.6) is 0 Å². The van der Waals surface area contributed by atoms with E-state index in [4.69, 9.17) is 5.11 Å². The molecule has 1 heterocycles. The van der Waals surface area contributed by atoms with Crippen LogP contribution < -0.4 is 5.56 Å². The molecule has 0 saturated heterocycles. The Morgan fingerprint density at radius 1 is 1.35 bits per heavy atom. The van der Waals surface area contributed by atoms with Crippen LogP contribution in [0.1, 0.15) is 11.3 Å². The zero-order valence-corrected chi connectivity index (χ0v) is 9.30. The molecule has 1 aromatic heterocycles. The van der Waals surface area contributed by atoms with Gasteiger partial charge in [-0.15, -0.1) is 0 Å². The first-order valence-corrected chi connectivity index (χ1v) is 5.17. The average molecular weight is 232 g/mol. The molecule has 5 heteroatoms. The molecule has 0 unspecified atom stereocenters. The van der Waals surface area contributed by atoms with E-state index in [1.807, 2.05) is 18.2 Å². The summed E-state index contributed by atoms with van der Waals surface area (Å²) in [4.78, 5) is 22.7. The standard InChI is InChI=1S/C12H12N2O3/c1-8-10(7-11(15)16)12(17)14(13-8)9-5-3-2-4-6-9/h2-6,13H,7H2,1H3,(H,15,16). The number of hydrogen-bond donors (Lipinski definition) is 2. The van der Waals surface area contributed by atoms with Gasteiger partial charge in [-0.3, -0.25) is 14.7 Å². The molecular formula is C12H12N2O3. The van der Waals surface area contributed by atoms with E-state index in [0.717, 1.165) is 0 Å². The molecule has 0 saturated carbocycles. The summed E-state index contributed by atoms with van der Waals surface area (Å²) in [5, 5.41) is 11.6. The van der Waals surface area contributed by atoms with Crippen LogP contribution in [0.4, 0.5) is 0 Å². The van der Waals surface area contributed by atoms with Crippen molar-refractivity contribution in [3.8, 4) is 5.69 Å². The van der Waals surface area contributed by atoms with E-state index in [1.165, 1.54) is 4.68 Å². The molecule has 2 N–H and O–H groups in total. The van der Waals surface area contributed by atoms with E-state index in [0.29, 0.717) is 16.9 Å². The number of aliphatic carboxylic acids is 1. The van der Waals surface area contributed by atoms with Gasteiger partial charge in [0.1, 0.15) is 0 Å². The van der Waals surface area contributed by atoms with Crippen LogP contribution in [0.25, 0.3) is 5.69 Å². The highest BCUT2D eigenvalue weighted by molar-refractivity contribution is 5.70. The number of benzene rings is 1. The van der Waals surface area contributed by atoms with Gasteiger partial charge in [-0.25, -0.2) is 4.68 Å². The van der Waals surface area contributed by atoms with Gasteiger partial charge in [-0.05, 0) is 19.1 Å². The molecule has 1 aromatic carbocycles. The summed E-state index contributed by atoms with van der Waals surface area (Å²) in [7, 11) is 0. The Hall–Kier alpha value is -2.30. The molecule has 0 bridgehead atoms. The number of nitrogens with one attached hydrogen (secondary N) is 1.